The standard InChI is InChI=1S/C13H26N4O3/c1-12(2,10(18)19)13(3,4)14-11(20)15-17-8-6-16(5)7-9-17/h6-9H2,1-5H3,(H,18,19)(H2,14,15,20). The van der Waals surface area contributed by atoms with Crippen molar-refractivity contribution in [3.63, 3.8) is 0 Å². The Labute approximate surface area is 120 Å². The molecule has 2 amide bonds. The van der Waals surface area contributed by atoms with Crippen molar-refractivity contribution >= 4 is 12.0 Å². The molecule has 1 heterocycles. The highest BCUT2D eigenvalue weighted by Crippen LogP contribution is 2.30. The Morgan fingerprint density at radius 3 is 2.00 bits per heavy atom. The van der Waals surface area contributed by atoms with E-state index in [0.29, 0.717) is 0 Å². The number of carbonyl (C=O) groups is 2. The topological polar surface area (TPSA) is 84.9 Å². The molecule has 0 aromatic carbocycles. The van der Waals surface area contributed by atoms with Crippen LogP contribution in [0, 0.1) is 5.41 Å². The van der Waals surface area contributed by atoms with Crippen LogP contribution in [0.1, 0.15) is 27.7 Å². The van der Waals surface area contributed by atoms with Gasteiger partial charge in [0, 0.05) is 26.2 Å². The van der Waals surface area contributed by atoms with E-state index in [-0.39, 0.29) is 6.03 Å². The van der Waals surface area contributed by atoms with Crippen molar-refractivity contribution in [1.29, 1.82) is 0 Å². The molecule has 7 nitrogen and oxygen atoms in total. The van der Waals surface area contributed by atoms with Gasteiger partial charge in [-0.05, 0) is 34.7 Å². The average Bonchev–Trinajstić information content (AvgIpc) is 2.31. The number of hydrogen-bond acceptors (Lipinski definition) is 4. The van der Waals surface area contributed by atoms with Crippen molar-refractivity contribution in [3.05, 3.63) is 0 Å². The molecular weight excluding hydrogens is 260 g/mol. The maximum absolute atomic E-state index is 12.0. The first-order valence-corrected chi connectivity index (χ1v) is 6.82. The van der Waals surface area contributed by atoms with E-state index in [1.807, 2.05) is 12.1 Å². The molecule has 0 atom stereocenters. The first-order chi connectivity index (χ1) is 9.06. The Bertz CT molecular complexity index is 374. The van der Waals surface area contributed by atoms with Gasteiger partial charge in [0.25, 0.3) is 0 Å². The largest absolute Gasteiger partial charge is 0.481 e. The molecule has 0 aliphatic carbocycles. The number of urea groups is 1. The van der Waals surface area contributed by atoms with Gasteiger partial charge in [0.15, 0.2) is 0 Å². The number of nitrogens with zero attached hydrogens (tertiary/aromatic N) is 2. The van der Waals surface area contributed by atoms with Crippen LogP contribution in [0.2, 0.25) is 0 Å². The summed E-state index contributed by atoms with van der Waals surface area (Å²) in [5.74, 6) is -0.942. The quantitative estimate of drug-likeness (QED) is 0.694. The van der Waals surface area contributed by atoms with Crippen LogP contribution in [-0.4, -0.2) is 65.8 Å². The zero-order valence-electron chi connectivity index (χ0n) is 13.0. The Morgan fingerprint density at radius 2 is 1.55 bits per heavy atom. The molecule has 7 heteroatoms. The monoisotopic (exact) mass is 286 g/mol. The third kappa shape index (κ3) is 3.83. The molecule has 0 radical (unpaired) electrons. The van der Waals surface area contributed by atoms with Gasteiger partial charge < -0.3 is 15.3 Å². The number of carboxylic acid groups (broad SMARTS) is 1. The molecule has 0 aromatic rings. The Kier molecular flexibility index (Phi) is 4.99. The van der Waals surface area contributed by atoms with E-state index in [0.717, 1.165) is 26.2 Å². The van der Waals surface area contributed by atoms with Crippen molar-refractivity contribution < 1.29 is 14.7 Å². The van der Waals surface area contributed by atoms with E-state index < -0.39 is 16.9 Å². The minimum Gasteiger partial charge on any atom is -0.481 e. The predicted octanol–water partition coefficient (Wildman–Crippen LogP) is 0.337. The molecule has 3 N–H and O–H groups in total. The number of carbonyl (C=O) groups excluding carboxylic acids is 1. The number of amides is 2. The maximum Gasteiger partial charge on any atom is 0.329 e. The lowest BCUT2D eigenvalue weighted by Crippen LogP contribution is -2.62. The fourth-order valence-corrected chi connectivity index (χ4v) is 1.80. The maximum atomic E-state index is 12.0. The zero-order chi connectivity index (χ0) is 15.6. The van der Waals surface area contributed by atoms with E-state index in [2.05, 4.69) is 15.6 Å². The van der Waals surface area contributed by atoms with Gasteiger partial charge in [-0.1, -0.05) is 0 Å². The number of aliphatic carboxylic acids is 1. The van der Waals surface area contributed by atoms with E-state index in [1.54, 1.807) is 27.7 Å². The van der Waals surface area contributed by atoms with Crippen LogP contribution in [0.5, 0.6) is 0 Å². The summed E-state index contributed by atoms with van der Waals surface area (Å²) in [6.45, 7) is 9.93. The van der Waals surface area contributed by atoms with Gasteiger partial charge >= 0.3 is 12.0 Å². The van der Waals surface area contributed by atoms with Crippen molar-refractivity contribution in [1.82, 2.24) is 20.7 Å². The van der Waals surface area contributed by atoms with Crippen LogP contribution < -0.4 is 10.7 Å². The second-order valence-electron chi connectivity index (χ2n) is 6.41. The summed E-state index contributed by atoms with van der Waals surface area (Å²) in [4.78, 5) is 25.5. The number of nitrogens with one attached hydrogen (secondary N) is 2. The van der Waals surface area contributed by atoms with Gasteiger partial charge in [-0.2, -0.15) is 0 Å². The van der Waals surface area contributed by atoms with Crippen molar-refractivity contribution in [2.75, 3.05) is 33.2 Å². The molecule has 1 aliphatic heterocycles. The molecule has 1 rings (SSSR count). The molecule has 20 heavy (non-hydrogen) atoms. The fourth-order valence-electron chi connectivity index (χ4n) is 1.80. The summed E-state index contributed by atoms with van der Waals surface area (Å²) in [5, 5.41) is 13.8. The normalized spacial score (nSPS) is 18.6. The van der Waals surface area contributed by atoms with Gasteiger partial charge in [-0.15, -0.1) is 0 Å². The lowest BCUT2D eigenvalue weighted by molar-refractivity contribution is -0.150. The van der Waals surface area contributed by atoms with Gasteiger partial charge in [0.1, 0.15) is 0 Å². The second-order valence-corrected chi connectivity index (χ2v) is 6.41. The molecule has 1 fully saturated rings. The van der Waals surface area contributed by atoms with Crippen LogP contribution in [-0.2, 0) is 4.79 Å². The number of likely N-dealkylation sites (N-methyl/N-ethyl adjacent to an activating group) is 1. The van der Waals surface area contributed by atoms with Crippen LogP contribution in [0.25, 0.3) is 0 Å². The van der Waals surface area contributed by atoms with Gasteiger partial charge in [0.2, 0.25) is 0 Å². The summed E-state index contributed by atoms with van der Waals surface area (Å²) in [7, 11) is 2.04. The van der Waals surface area contributed by atoms with Crippen LogP contribution in [0.15, 0.2) is 0 Å². The molecular formula is C13H26N4O3. The number of hydrazine groups is 1. The molecule has 0 saturated carbocycles. The Balaban J connectivity index is 2.55. The first kappa shape index (κ1) is 16.7. The van der Waals surface area contributed by atoms with Crippen molar-refractivity contribution in [2.45, 2.75) is 33.2 Å². The number of carboxylic acids is 1. The van der Waals surface area contributed by atoms with Gasteiger partial charge in [-0.25, -0.2) is 9.80 Å². The molecule has 0 aromatic heterocycles. The van der Waals surface area contributed by atoms with Crippen LogP contribution in [0.3, 0.4) is 0 Å². The molecule has 1 aliphatic rings. The van der Waals surface area contributed by atoms with Crippen LogP contribution >= 0.6 is 0 Å². The smallest absolute Gasteiger partial charge is 0.329 e. The van der Waals surface area contributed by atoms with Gasteiger partial charge in [0.05, 0.1) is 11.0 Å². The first-order valence-electron chi connectivity index (χ1n) is 6.82. The highest BCUT2D eigenvalue weighted by Gasteiger charge is 2.44. The zero-order valence-corrected chi connectivity index (χ0v) is 13.0. The van der Waals surface area contributed by atoms with E-state index >= 15 is 0 Å². The summed E-state index contributed by atoms with van der Waals surface area (Å²) in [5.41, 5.74) is 0.842. The van der Waals surface area contributed by atoms with Gasteiger partial charge in [-0.3, -0.25) is 10.2 Å². The number of rotatable bonds is 4. The third-order valence-corrected chi connectivity index (χ3v) is 4.29. The summed E-state index contributed by atoms with van der Waals surface area (Å²) in [6, 6.07) is -0.367. The molecule has 0 unspecified atom stereocenters. The number of piperazine rings is 1. The van der Waals surface area contributed by atoms with Crippen molar-refractivity contribution in [3.8, 4) is 0 Å². The van der Waals surface area contributed by atoms with E-state index in [9.17, 15) is 14.7 Å². The summed E-state index contributed by atoms with van der Waals surface area (Å²) < 4.78 is 0. The highest BCUT2D eigenvalue weighted by molar-refractivity contribution is 5.79. The number of hydrogen-bond donors (Lipinski definition) is 3. The molecule has 1 saturated heterocycles. The second kappa shape index (κ2) is 5.97. The third-order valence-electron chi connectivity index (χ3n) is 4.29. The fraction of sp³-hybridized carbons (Fsp3) is 0.846. The summed E-state index contributed by atoms with van der Waals surface area (Å²) in [6.07, 6.45) is 0. The predicted molar refractivity (Wildman–Crippen MR) is 76.2 cm³/mol. The minimum absolute atomic E-state index is 0.367. The lowest BCUT2D eigenvalue weighted by atomic mass is 9.74. The summed E-state index contributed by atoms with van der Waals surface area (Å²) >= 11 is 0. The lowest BCUT2D eigenvalue weighted by Gasteiger charge is -2.40. The van der Waals surface area contributed by atoms with Crippen LogP contribution in [0.4, 0.5) is 4.79 Å². The molecule has 0 bridgehead atoms. The van der Waals surface area contributed by atoms with Crippen molar-refractivity contribution in [2.24, 2.45) is 5.41 Å². The van der Waals surface area contributed by atoms with E-state index in [4.69, 9.17) is 0 Å². The Morgan fingerprint density at radius 1 is 1.05 bits per heavy atom. The average molecular weight is 286 g/mol. The molecule has 0 spiro atoms. The SMILES string of the molecule is CN1CCN(NC(=O)NC(C)(C)C(C)(C)C(=O)O)CC1. The Hall–Kier alpha value is -1.34. The highest BCUT2D eigenvalue weighted by atomic mass is 16.4. The molecule has 116 valence electrons. The minimum atomic E-state index is -1.06. The van der Waals surface area contributed by atoms with E-state index in [1.165, 1.54) is 0 Å².